The summed E-state index contributed by atoms with van der Waals surface area (Å²) in [6.45, 7) is 3.03. The fraction of sp³-hybridized carbons (Fsp3) is 0.500. The van der Waals surface area contributed by atoms with E-state index < -0.39 is 0 Å². The lowest BCUT2D eigenvalue weighted by atomic mass is 10.2. The van der Waals surface area contributed by atoms with Gasteiger partial charge < -0.3 is 5.32 Å². The highest BCUT2D eigenvalue weighted by Crippen LogP contribution is 2.12. The molecule has 56 valence electrons. The molecule has 0 aliphatic carbocycles. The van der Waals surface area contributed by atoms with E-state index in [1.54, 1.807) is 6.20 Å². The molecule has 0 unspecified atom stereocenters. The highest BCUT2D eigenvalue weighted by molar-refractivity contribution is 9.18. The smallest absolute Gasteiger partial charge is 0.0966 e. The first-order valence-electron chi connectivity index (χ1n) is 3.03. The van der Waals surface area contributed by atoms with Crippen LogP contribution in [-0.4, -0.2) is 11.2 Å². The standard InChI is InChI=1S/C6H8Br2N2/c1-4-2-9-5(7)3-10-6(4)8/h3-4,9H,2H2,1H3/t4-/m1/s1. The Bertz CT molecular complexity index is 186. The SMILES string of the molecule is C[C@@H]1CNC(Br)=CN=C1Br. The lowest BCUT2D eigenvalue weighted by Gasteiger charge is -2.06. The van der Waals surface area contributed by atoms with E-state index in [0.29, 0.717) is 5.92 Å². The lowest BCUT2D eigenvalue weighted by Crippen LogP contribution is -2.19. The lowest BCUT2D eigenvalue weighted by molar-refractivity contribution is 0.715. The van der Waals surface area contributed by atoms with Crippen LogP contribution in [0.25, 0.3) is 0 Å². The van der Waals surface area contributed by atoms with Gasteiger partial charge in [-0.25, -0.2) is 0 Å². The van der Waals surface area contributed by atoms with Crippen LogP contribution in [0, 0.1) is 5.92 Å². The molecule has 1 rings (SSSR count). The molecule has 2 nitrogen and oxygen atoms in total. The van der Waals surface area contributed by atoms with Gasteiger partial charge in [-0.2, -0.15) is 0 Å². The van der Waals surface area contributed by atoms with Crippen LogP contribution < -0.4 is 5.32 Å². The van der Waals surface area contributed by atoms with Gasteiger partial charge in [0.25, 0.3) is 0 Å². The Balaban J connectivity index is 2.70. The topological polar surface area (TPSA) is 24.4 Å². The van der Waals surface area contributed by atoms with E-state index in [9.17, 15) is 0 Å². The minimum atomic E-state index is 0.450. The van der Waals surface area contributed by atoms with Crippen LogP contribution in [0.2, 0.25) is 0 Å². The molecule has 0 radical (unpaired) electrons. The molecule has 0 amide bonds. The van der Waals surface area contributed by atoms with Gasteiger partial charge in [-0.3, -0.25) is 4.99 Å². The van der Waals surface area contributed by atoms with Gasteiger partial charge in [0.2, 0.25) is 0 Å². The molecule has 0 saturated carbocycles. The summed E-state index contributed by atoms with van der Waals surface area (Å²) in [7, 11) is 0. The second-order valence-electron chi connectivity index (χ2n) is 2.21. The van der Waals surface area contributed by atoms with Gasteiger partial charge >= 0.3 is 0 Å². The van der Waals surface area contributed by atoms with Crippen molar-refractivity contribution in [3.63, 3.8) is 0 Å². The number of aliphatic imine (C=N–C) groups is 1. The monoisotopic (exact) mass is 266 g/mol. The first-order valence-corrected chi connectivity index (χ1v) is 4.61. The first kappa shape index (κ1) is 8.27. The van der Waals surface area contributed by atoms with E-state index in [4.69, 9.17) is 0 Å². The molecule has 0 aromatic heterocycles. The molecule has 1 aliphatic rings. The fourth-order valence-corrected chi connectivity index (χ4v) is 1.15. The second-order valence-corrected chi connectivity index (χ2v) is 3.88. The highest BCUT2D eigenvalue weighted by atomic mass is 79.9. The molecule has 1 aliphatic heterocycles. The van der Waals surface area contributed by atoms with Crippen LogP contribution in [0.15, 0.2) is 15.8 Å². The second kappa shape index (κ2) is 3.53. The van der Waals surface area contributed by atoms with Crippen LogP contribution in [-0.2, 0) is 0 Å². The van der Waals surface area contributed by atoms with Crippen LogP contribution >= 0.6 is 31.9 Å². The molecule has 0 saturated heterocycles. The van der Waals surface area contributed by atoms with Crippen molar-refractivity contribution >= 4 is 36.5 Å². The summed E-state index contributed by atoms with van der Waals surface area (Å²) in [5.74, 6) is 0.450. The zero-order valence-electron chi connectivity index (χ0n) is 5.56. The molecule has 0 fully saturated rings. The quantitative estimate of drug-likeness (QED) is 0.669. The van der Waals surface area contributed by atoms with Crippen molar-refractivity contribution in [1.29, 1.82) is 0 Å². The van der Waals surface area contributed by atoms with E-state index in [1.165, 1.54) is 0 Å². The Morgan fingerprint density at radius 1 is 1.70 bits per heavy atom. The third-order valence-electron chi connectivity index (χ3n) is 1.28. The molecule has 0 aromatic rings. The molecule has 10 heavy (non-hydrogen) atoms. The van der Waals surface area contributed by atoms with Crippen molar-refractivity contribution < 1.29 is 0 Å². The summed E-state index contributed by atoms with van der Waals surface area (Å²) in [4.78, 5) is 4.15. The molecular formula is C6H8Br2N2. The minimum absolute atomic E-state index is 0.450. The summed E-state index contributed by atoms with van der Waals surface area (Å²) in [6.07, 6.45) is 1.76. The number of hydrogen-bond acceptors (Lipinski definition) is 2. The zero-order chi connectivity index (χ0) is 7.56. The van der Waals surface area contributed by atoms with E-state index in [1.807, 2.05) is 0 Å². The number of halogens is 2. The average molecular weight is 268 g/mol. The molecule has 0 bridgehead atoms. The van der Waals surface area contributed by atoms with E-state index >= 15 is 0 Å². The van der Waals surface area contributed by atoms with Crippen LogP contribution in [0.4, 0.5) is 0 Å². The summed E-state index contributed by atoms with van der Waals surface area (Å²) < 4.78 is 1.93. The normalized spacial score (nSPS) is 26.1. The van der Waals surface area contributed by atoms with Crippen molar-refractivity contribution in [2.24, 2.45) is 10.9 Å². The maximum Gasteiger partial charge on any atom is 0.0966 e. The average Bonchev–Trinajstić information content (AvgIpc) is 2.04. The molecule has 0 aromatic carbocycles. The van der Waals surface area contributed by atoms with Crippen molar-refractivity contribution in [2.45, 2.75) is 6.92 Å². The number of nitrogens with one attached hydrogen (secondary N) is 1. The van der Waals surface area contributed by atoms with Crippen molar-refractivity contribution in [3.8, 4) is 0 Å². The molecule has 1 N–H and O–H groups in total. The predicted molar refractivity (Wildman–Crippen MR) is 50.5 cm³/mol. The maximum absolute atomic E-state index is 4.15. The Hall–Kier alpha value is 0.170. The van der Waals surface area contributed by atoms with E-state index in [0.717, 1.165) is 15.8 Å². The molecular weight excluding hydrogens is 260 g/mol. The number of nitrogens with zero attached hydrogens (tertiary/aromatic N) is 1. The summed E-state index contributed by atoms with van der Waals surface area (Å²) >= 11 is 6.69. The Morgan fingerprint density at radius 3 is 3.10 bits per heavy atom. The Kier molecular flexibility index (Phi) is 2.92. The summed E-state index contributed by atoms with van der Waals surface area (Å²) in [5, 5.41) is 3.16. The first-order chi connectivity index (χ1) is 4.70. The van der Waals surface area contributed by atoms with Crippen molar-refractivity contribution in [2.75, 3.05) is 6.54 Å². The van der Waals surface area contributed by atoms with Crippen molar-refractivity contribution in [3.05, 3.63) is 10.8 Å². The van der Waals surface area contributed by atoms with E-state index in [2.05, 4.69) is 49.1 Å². The van der Waals surface area contributed by atoms with Gasteiger partial charge in [0, 0.05) is 12.5 Å². The van der Waals surface area contributed by atoms with Gasteiger partial charge in [-0.15, -0.1) is 0 Å². The Labute approximate surface area is 77.0 Å². The summed E-state index contributed by atoms with van der Waals surface area (Å²) in [5.41, 5.74) is 0. The van der Waals surface area contributed by atoms with Gasteiger partial charge in [0.05, 0.1) is 15.4 Å². The highest BCUT2D eigenvalue weighted by Gasteiger charge is 2.09. The maximum atomic E-state index is 4.15. The molecule has 1 heterocycles. The van der Waals surface area contributed by atoms with Crippen LogP contribution in [0.1, 0.15) is 6.92 Å². The van der Waals surface area contributed by atoms with Crippen LogP contribution in [0.3, 0.4) is 0 Å². The van der Waals surface area contributed by atoms with Crippen molar-refractivity contribution in [1.82, 2.24) is 5.32 Å². The number of rotatable bonds is 0. The Morgan fingerprint density at radius 2 is 2.40 bits per heavy atom. The largest absolute Gasteiger partial charge is 0.377 e. The number of hydrogen-bond donors (Lipinski definition) is 1. The molecule has 1 atom stereocenters. The van der Waals surface area contributed by atoms with Gasteiger partial charge in [0.15, 0.2) is 0 Å². The van der Waals surface area contributed by atoms with Crippen LogP contribution in [0.5, 0.6) is 0 Å². The molecule has 4 heteroatoms. The van der Waals surface area contributed by atoms with Gasteiger partial charge in [-0.1, -0.05) is 6.92 Å². The minimum Gasteiger partial charge on any atom is -0.377 e. The fourth-order valence-electron chi connectivity index (χ4n) is 0.626. The third-order valence-corrected chi connectivity index (χ3v) is 2.76. The zero-order valence-corrected chi connectivity index (χ0v) is 8.74. The third kappa shape index (κ3) is 2.09. The predicted octanol–water partition coefficient (Wildman–Crippen LogP) is 2.21. The van der Waals surface area contributed by atoms with E-state index in [-0.39, 0.29) is 0 Å². The van der Waals surface area contributed by atoms with Gasteiger partial charge in [0.1, 0.15) is 0 Å². The van der Waals surface area contributed by atoms with Gasteiger partial charge in [-0.05, 0) is 31.9 Å². The summed E-state index contributed by atoms with van der Waals surface area (Å²) in [6, 6.07) is 0. The molecule has 0 spiro atoms.